The lowest BCUT2D eigenvalue weighted by molar-refractivity contribution is 0.449. The Labute approximate surface area is 198 Å². The standard InChI is InChI=1S/C26H24ClN3O2S/c27-22-8-7-20-13-14-28-26(25(20)16-22)30-23-9-11-24(12-10-23)33(31,32)29-17-18-5-6-19-3-1-2-4-21(19)15-18/h1-4,7-14,16,18,29H,5-6,15,17H2,(H,28,30). The zero-order valence-electron chi connectivity index (χ0n) is 18.0. The molecule has 5 nitrogen and oxygen atoms in total. The number of aromatic nitrogens is 1. The summed E-state index contributed by atoms with van der Waals surface area (Å²) in [5.74, 6) is 0.973. The number of pyridine rings is 1. The van der Waals surface area contributed by atoms with E-state index in [-0.39, 0.29) is 4.90 Å². The van der Waals surface area contributed by atoms with Crippen molar-refractivity contribution < 1.29 is 8.42 Å². The Morgan fingerprint density at radius 3 is 2.58 bits per heavy atom. The summed E-state index contributed by atoms with van der Waals surface area (Å²) in [6.45, 7) is 0.442. The Kier molecular flexibility index (Phi) is 6.06. The SMILES string of the molecule is O=S(=O)(NCC1CCc2ccccc2C1)c1ccc(Nc2nccc3ccc(Cl)cc23)cc1. The van der Waals surface area contributed by atoms with E-state index in [9.17, 15) is 8.42 Å². The van der Waals surface area contributed by atoms with Crippen molar-refractivity contribution >= 4 is 43.9 Å². The molecule has 1 aliphatic carbocycles. The fourth-order valence-electron chi connectivity index (χ4n) is 4.35. The third kappa shape index (κ3) is 4.88. The van der Waals surface area contributed by atoms with E-state index in [1.807, 2.05) is 30.3 Å². The van der Waals surface area contributed by atoms with Crippen LogP contribution in [-0.4, -0.2) is 19.9 Å². The maximum absolute atomic E-state index is 12.8. The fourth-order valence-corrected chi connectivity index (χ4v) is 5.64. The minimum atomic E-state index is -3.58. The average molecular weight is 478 g/mol. The molecule has 1 unspecified atom stereocenters. The minimum absolute atomic E-state index is 0.248. The monoisotopic (exact) mass is 477 g/mol. The van der Waals surface area contributed by atoms with Crippen molar-refractivity contribution in [3.63, 3.8) is 0 Å². The number of nitrogens with zero attached hydrogens (tertiary/aromatic N) is 1. The summed E-state index contributed by atoms with van der Waals surface area (Å²) < 4.78 is 28.5. The predicted molar refractivity (Wildman–Crippen MR) is 134 cm³/mol. The number of benzene rings is 3. The molecule has 0 saturated heterocycles. The largest absolute Gasteiger partial charge is 0.340 e. The van der Waals surface area contributed by atoms with Crippen molar-refractivity contribution in [2.24, 2.45) is 5.92 Å². The van der Waals surface area contributed by atoms with Gasteiger partial charge in [0.1, 0.15) is 5.82 Å². The van der Waals surface area contributed by atoms with Gasteiger partial charge in [0.25, 0.3) is 0 Å². The van der Waals surface area contributed by atoms with Gasteiger partial charge in [-0.05, 0) is 84.2 Å². The zero-order valence-corrected chi connectivity index (χ0v) is 19.5. The first-order valence-electron chi connectivity index (χ1n) is 11.0. The van der Waals surface area contributed by atoms with Gasteiger partial charge >= 0.3 is 0 Å². The molecule has 7 heteroatoms. The molecule has 5 rings (SSSR count). The molecule has 4 aromatic rings. The van der Waals surface area contributed by atoms with E-state index in [4.69, 9.17) is 11.6 Å². The molecule has 33 heavy (non-hydrogen) atoms. The number of sulfonamides is 1. The van der Waals surface area contributed by atoms with E-state index in [1.165, 1.54) is 11.1 Å². The normalized spacial score (nSPS) is 15.8. The van der Waals surface area contributed by atoms with Gasteiger partial charge in [0.2, 0.25) is 10.0 Å². The van der Waals surface area contributed by atoms with Crippen LogP contribution in [0.5, 0.6) is 0 Å². The summed E-state index contributed by atoms with van der Waals surface area (Å²) in [6.07, 6.45) is 4.62. The van der Waals surface area contributed by atoms with Gasteiger partial charge in [-0.3, -0.25) is 0 Å². The summed E-state index contributed by atoms with van der Waals surface area (Å²) in [5.41, 5.74) is 3.45. The average Bonchev–Trinajstić information content (AvgIpc) is 2.83. The van der Waals surface area contributed by atoms with Crippen LogP contribution in [0.3, 0.4) is 0 Å². The van der Waals surface area contributed by atoms with E-state index in [0.29, 0.717) is 23.3 Å². The van der Waals surface area contributed by atoms with E-state index in [2.05, 4.69) is 33.2 Å². The molecule has 0 saturated carbocycles. The first kappa shape index (κ1) is 21.9. The van der Waals surface area contributed by atoms with Gasteiger partial charge in [-0.15, -0.1) is 0 Å². The fraction of sp³-hybridized carbons (Fsp3) is 0.192. The molecule has 0 spiro atoms. The number of nitrogens with one attached hydrogen (secondary N) is 2. The summed E-state index contributed by atoms with van der Waals surface area (Å²) >= 11 is 6.15. The summed E-state index contributed by atoms with van der Waals surface area (Å²) in [6, 6.07) is 22.7. The molecule has 1 aromatic heterocycles. The van der Waals surface area contributed by atoms with Gasteiger partial charge in [-0.25, -0.2) is 18.1 Å². The highest BCUT2D eigenvalue weighted by Crippen LogP contribution is 2.28. The molecule has 0 aliphatic heterocycles. The van der Waals surface area contributed by atoms with Gasteiger partial charge in [-0.2, -0.15) is 0 Å². The highest BCUT2D eigenvalue weighted by atomic mass is 35.5. The molecule has 3 aromatic carbocycles. The van der Waals surface area contributed by atoms with Crippen molar-refractivity contribution in [2.45, 2.75) is 24.2 Å². The van der Waals surface area contributed by atoms with Crippen LogP contribution in [0.4, 0.5) is 11.5 Å². The summed E-state index contributed by atoms with van der Waals surface area (Å²) in [5, 5.41) is 5.81. The molecule has 1 atom stereocenters. The van der Waals surface area contributed by atoms with Crippen molar-refractivity contribution in [1.82, 2.24) is 9.71 Å². The van der Waals surface area contributed by atoms with E-state index in [0.717, 1.165) is 35.7 Å². The topological polar surface area (TPSA) is 71.1 Å². The second-order valence-electron chi connectivity index (χ2n) is 8.40. The van der Waals surface area contributed by atoms with Crippen LogP contribution in [0.2, 0.25) is 5.02 Å². The molecule has 1 aliphatic rings. The number of anilines is 2. The van der Waals surface area contributed by atoms with Gasteiger partial charge in [0, 0.05) is 28.8 Å². The lowest BCUT2D eigenvalue weighted by atomic mass is 9.84. The van der Waals surface area contributed by atoms with Crippen molar-refractivity contribution in [2.75, 3.05) is 11.9 Å². The molecule has 1 heterocycles. The summed E-state index contributed by atoms with van der Waals surface area (Å²) in [7, 11) is -3.58. The van der Waals surface area contributed by atoms with Crippen LogP contribution in [0.1, 0.15) is 17.5 Å². The summed E-state index contributed by atoms with van der Waals surface area (Å²) in [4.78, 5) is 4.66. The van der Waals surface area contributed by atoms with E-state index in [1.54, 1.807) is 30.5 Å². The number of halogens is 1. The second kappa shape index (κ2) is 9.14. The molecule has 2 N–H and O–H groups in total. The smallest absolute Gasteiger partial charge is 0.240 e. The molecular formula is C26H24ClN3O2S. The zero-order chi connectivity index (χ0) is 22.8. The Morgan fingerprint density at radius 1 is 0.970 bits per heavy atom. The van der Waals surface area contributed by atoms with Crippen molar-refractivity contribution in [3.05, 3.63) is 95.1 Å². The second-order valence-corrected chi connectivity index (χ2v) is 10.6. The van der Waals surface area contributed by atoms with Crippen LogP contribution in [0.25, 0.3) is 10.8 Å². The quantitative estimate of drug-likeness (QED) is 0.373. The van der Waals surface area contributed by atoms with E-state index < -0.39 is 10.0 Å². The van der Waals surface area contributed by atoms with Crippen LogP contribution in [-0.2, 0) is 22.9 Å². The van der Waals surface area contributed by atoms with Gasteiger partial charge < -0.3 is 5.32 Å². The number of rotatable bonds is 6. The van der Waals surface area contributed by atoms with Crippen LogP contribution in [0, 0.1) is 5.92 Å². The molecule has 168 valence electrons. The van der Waals surface area contributed by atoms with Crippen LogP contribution in [0.15, 0.2) is 83.9 Å². The van der Waals surface area contributed by atoms with Crippen molar-refractivity contribution in [3.8, 4) is 0 Å². The Balaban J connectivity index is 1.26. The molecule has 0 amide bonds. The van der Waals surface area contributed by atoms with E-state index >= 15 is 0 Å². The van der Waals surface area contributed by atoms with Gasteiger partial charge in [0.05, 0.1) is 4.90 Å². The first-order valence-corrected chi connectivity index (χ1v) is 12.8. The van der Waals surface area contributed by atoms with Crippen LogP contribution < -0.4 is 10.0 Å². The minimum Gasteiger partial charge on any atom is -0.340 e. The number of aryl methyl sites for hydroxylation is 1. The molecular weight excluding hydrogens is 454 g/mol. The highest BCUT2D eigenvalue weighted by molar-refractivity contribution is 7.89. The molecule has 0 fully saturated rings. The third-order valence-corrected chi connectivity index (χ3v) is 7.84. The van der Waals surface area contributed by atoms with Crippen molar-refractivity contribution in [1.29, 1.82) is 0 Å². The Bertz CT molecular complexity index is 1410. The third-order valence-electron chi connectivity index (χ3n) is 6.17. The predicted octanol–water partition coefficient (Wildman–Crippen LogP) is 5.72. The number of fused-ring (bicyclic) bond motifs is 2. The van der Waals surface area contributed by atoms with Crippen LogP contribution >= 0.6 is 11.6 Å². The number of hydrogen-bond acceptors (Lipinski definition) is 4. The highest BCUT2D eigenvalue weighted by Gasteiger charge is 2.21. The maximum Gasteiger partial charge on any atom is 0.240 e. The maximum atomic E-state index is 12.8. The molecule has 0 bridgehead atoms. The lowest BCUT2D eigenvalue weighted by Gasteiger charge is -2.24. The first-order chi connectivity index (χ1) is 16.0. The number of hydrogen-bond donors (Lipinski definition) is 2. The lowest BCUT2D eigenvalue weighted by Crippen LogP contribution is -2.32. The molecule has 0 radical (unpaired) electrons. The van der Waals surface area contributed by atoms with Gasteiger partial charge in [-0.1, -0.05) is 41.9 Å². The Morgan fingerprint density at radius 2 is 1.76 bits per heavy atom. The van der Waals surface area contributed by atoms with Gasteiger partial charge in [0.15, 0.2) is 0 Å². The Hall–Kier alpha value is -2.93.